The largest absolute Gasteiger partial charge is 0.336 e. The Kier molecular flexibility index (Phi) is 10.0. The molecule has 0 spiro atoms. The molecule has 1 fully saturated rings. The molecule has 25 heavy (non-hydrogen) atoms. The maximum atomic E-state index is 12.4. The highest BCUT2D eigenvalue weighted by Gasteiger charge is 2.21. The summed E-state index contributed by atoms with van der Waals surface area (Å²) in [5.41, 5.74) is 7.06. The van der Waals surface area contributed by atoms with Crippen molar-refractivity contribution >= 4 is 42.3 Å². The van der Waals surface area contributed by atoms with E-state index in [4.69, 9.17) is 5.73 Å². The van der Waals surface area contributed by atoms with Crippen molar-refractivity contribution in [1.29, 1.82) is 0 Å². The van der Waals surface area contributed by atoms with Crippen LogP contribution in [0.2, 0.25) is 0 Å². The van der Waals surface area contributed by atoms with Gasteiger partial charge in [0.05, 0.1) is 5.92 Å². The second-order valence-corrected chi connectivity index (χ2v) is 6.31. The molecule has 0 aromatic heterocycles. The summed E-state index contributed by atoms with van der Waals surface area (Å²) in [6.07, 6.45) is 0. The second kappa shape index (κ2) is 10.6. The van der Waals surface area contributed by atoms with Gasteiger partial charge in [0.2, 0.25) is 5.91 Å². The van der Waals surface area contributed by atoms with Crippen LogP contribution in [0, 0.1) is 5.92 Å². The van der Waals surface area contributed by atoms with Crippen LogP contribution in [0.25, 0.3) is 0 Å². The van der Waals surface area contributed by atoms with E-state index in [1.165, 1.54) is 0 Å². The van der Waals surface area contributed by atoms with Gasteiger partial charge in [0.15, 0.2) is 0 Å². The second-order valence-electron chi connectivity index (χ2n) is 6.31. The quantitative estimate of drug-likeness (QED) is 0.821. The van der Waals surface area contributed by atoms with Crippen LogP contribution < -0.4 is 11.1 Å². The molecule has 2 atom stereocenters. The zero-order valence-corrected chi connectivity index (χ0v) is 16.5. The molecule has 8 heteroatoms. The molecule has 1 aliphatic rings. The summed E-state index contributed by atoms with van der Waals surface area (Å²) >= 11 is 0. The van der Waals surface area contributed by atoms with E-state index in [2.05, 4.69) is 17.3 Å². The number of likely N-dealkylation sites (N-methyl/N-ethyl adjacent to an activating group) is 1. The van der Waals surface area contributed by atoms with Crippen molar-refractivity contribution in [3.8, 4) is 0 Å². The Balaban J connectivity index is 0.00000288. The minimum atomic E-state index is -0.262. The van der Waals surface area contributed by atoms with Gasteiger partial charge >= 0.3 is 0 Å². The van der Waals surface area contributed by atoms with E-state index in [0.29, 0.717) is 11.3 Å². The summed E-state index contributed by atoms with van der Waals surface area (Å²) < 4.78 is 0. The lowest BCUT2D eigenvalue weighted by atomic mass is 10.0. The van der Waals surface area contributed by atoms with E-state index in [0.717, 1.165) is 26.2 Å². The van der Waals surface area contributed by atoms with Gasteiger partial charge in [0, 0.05) is 43.5 Å². The van der Waals surface area contributed by atoms with E-state index >= 15 is 0 Å². The van der Waals surface area contributed by atoms with Crippen molar-refractivity contribution < 1.29 is 9.59 Å². The van der Waals surface area contributed by atoms with Gasteiger partial charge in [-0.05, 0) is 38.2 Å². The number of halogens is 2. The van der Waals surface area contributed by atoms with Crippen LogP contribution in [-0.2, 0) is 4.79 Å². The molecule has 0 bridgehead atoms. The minimum absolute atomic E-state index is 0. The predicted molar refractivity (Wildman–Crippen MR) is 106 cm³/mol. The van der Waals surface area contributed by atoms with Crippen LogP contribution in [0.1, 0.15) is 24.2 Å². The number of benzene rings is 1. The number of anilines is 1. The zero-order chi connectivity index (χ0) is 17.0. The molecule has 6 nitrogen and oxygen atoms in total. The normalized spacial score (nSPS) is 16.9. The zero-order valence-electron chi connectivity index (χ0n) is 14.9. The van der Waals surface area contributed by atoms with Crippen molar-refractivity contribution in [1.82, 2.24) is 9.80 Å². The van der Waals surface area contributed by atoms with Crippen LogP contribution in [0.4, 0.5) is 5.69 Å². The first-order valence-electron chi connectivity index (χ1n) is 8.03. The first kappa shape index (κ1) is 23.7. The molecule has 2 unspecified atom stereocenters. The fourth-order valence-electron chi connectivity index (χ4n) is 2.38. The number of carbonyl (C=O) groups is 2. The fraction of sp³-hybridized carbons (Fsp3) is 0.529. The molecule has 0 saturated carbocycles. The van der Waals surface area contributed by atoms with Crippen LogP contribution in [0.5, 0.6) is 0 Å². The molecule has 1 aromatic rings. The Morgan fingerprint density at radius 3 is 2.04 bits per heavy atom. The minimum Gasteiger partial charge on any atom is -0.336 e. The Morgan fingerprint density at radius 1 is 1.04 bits per heavy atom. The molecule has 2 rings (SSSR count). The highest BCUT2D eigenvalue weighted by atomic mass is 35.5. The van der Waals surface area contributed by atoms with Gasteiger partial charge in [-0.25, -0.2) is 0 Å². The molecule has 3 N–H and O–H groups in total. The molecular formula is C17H28Cl2N4O2. The van der Waals surface area contributed by atoms with E-state index in [-0.39, 0.29) is 48.6 Å². The third-order valence-corrected chi connectivity index (χ3v) is 4.39. The summed E-state index contributed by atoms with van der Waals surface area (Å²) in [7, 11) is 2.06. The van der Waals surface area contributed by atoms with Gasteiger partial charge < -0.3 is 20.9 Å². The molecule has 1 saturated heterocycles. The highest BCUT2D eigenvalue weighted by molar-refractivity contribution is 5.96. The van der Waals surface area contributed by atoms with E-state index in [9.17, 15) is 9.59 Å². The lowest BCUT2D eigenvalue weighted by Crippen LogP contribution is -2.47. The van der Waals surface area contributed by atoms with Crippen molar-refractivity contribution in [3.63, 3.8) is 0 Å². The van der Waals surface area contributed by atoms with Gasteiger partial charge in [0.25, 0.3) is 5.91 Å². The van der Waals surface area contributed by atoms with Gasteiger partial charge in [0.1, 0.15) is 0 Å². The molecule has 142 valence electrons. The molecular weight excluding hydrogens is 363 g/mol. The van der Waals surface area contributed by atoms with Crippen LogP contribution >= 0.6 is 24.8 Å². The van der Waals surface area contributed by atoms with Gasteiger partial charge in [-0.3, -0.25) is 9.59 Å². The first-order valence-corrected chi connectivity index (χ1v) is 8.03. The summed E-state index contributed by atoms with van der Waals surface area (Å²) in [6.45, 7) is 6.90. The van der Waals surface area contributed by atoms with Crippen molar-refractivity contribution in [3.05, 3.63) is 29.8 Å². The Bertz CT molecular complexity index is 558. The monoisotopic (exact) mass is 390 g/mol. The predicted octanol–water partition coefficient (Wildman–Crippen LogP) is 1.84. The lowest BCUT2D eigenvalue weighted by Gasteiger charge is -2.32. The molecule has 0 radical (unpaired) electrons. The fourth-order valence-corrected chi connectivity index (χ4v) is 2.38. The third-order valence-electron chi connectivity index (χ3n) is 4.39. The number of hydrogen-bond acceptors (Lipinski definition) is 4. The molecule has 2 amide bonds. The number of carbonyl (C=O) groups excluding carboxylic acids is 2. The summed E-state index contributed by atoms with van der Waals surface area (Å²) in [4.78, 5) is 28.5. The maximum Gasteiger partial charge on any atom is 0.253 e. The number of piperazine rings is 1. The number of rotatable bonds is 4. The molecule has 0 aliphatic carbocycles. The van der Waals surface area contributed by atoms with E-state index in [1.54, 1.807) is 31.2 Å². The number of hydrogen-bond donors (Lipinski definition) is 2. The van der Waals surface area contributed by atoms with Gasteiger partial charge in [-0.15, -0.1) is 24.8 Å². The average molecular weight is 391 g/mol. The molecule has 1 aliphatic heterocycles. The smallest absolute Gasteiger partial charge is 0.253 e. The number of nitrogens with zero attached hydrogens (tertiary/aromatic N) is 2. The SMILES string of the molecule is CC(N)C(C)C(=O)Nc1ccc(C(=O)N2CCN(C)CC2)cc1.Cl.Cl. The summed E-state index contributed by atoms with van der Waals surface area (Å²) in [6, 6.07) is 6.83. The number of nitrogens with one attached hydrogen (secondary N) is 1. The van der Waals surface area contributed by atoms with Crippen LogP contribution in [0.15, 0.2) is 24.3 Å². The Morgan fingerprint density at radius 2 is 1.56 bits per heavy atom. The van der Waals surface area contributed by atoms with E-state index < -0.39 is 0 Å². The Hall–Kier alpha value is -1.34. The maximum absolute atomic E-state index is 12.4. The lowest BCUT2D eigenvalue weighted by molar-refractivity contribution is -0.119. The van der Waals surface area contributed by atoms with Crippen LogP contribution in [-0.4, -0.2) is 60.9 Å². The molecule has 1 heterocycles. The first-order chi connectivity index (χ1) is 10.9. The highest BCUT2D eigenvalue weighted by Crippen LogP contribution is 2.14. The third kappa shape index (κ3) is 6.47. The topological polar surface area (TPSA) is 78.7 Å². The van der Waals surface area contributed by atoms with Crippen molar-refractivity contribution in [2.75, 3.05) is 38.5 Å². The van der Waals surface area contributed by atoms with Crippen LogP contribution in [0.3, 0.4) is 0 Å². The Labute approximate surface area is 161 Å². The van der Waals surface area contributed by atoms with Gasteiger partial charge in [-0.1, -0.05) is 6.92 Å². The standard InChI is InChI=1S/C17H26N4O2.2ClH/c1-12(13(2)18)16(22)19-15-6-4-14(5-7-15)17(23)21-10-8-20(3)9-11-21;;/h4-7,12-13H,8-11,18H2,1-3H3,(H,19,22);2*1H. The van der Waals surface area contributed by atoms with Crippen molar-refractivity contribution in [2.45, 2.75) is 19.9 Å². The number of nitrogens with two attached hydrogens (primary N) is 1. The molecule has 1 aromatic carbocycles. The van der Waals surface area contributed by atoms with Gasteiger partial charge in [-0.2, -0.15) is 0 Å². The number of amides is 2. The van der Waals surface area contributed by atoms with E-state index in [1.807, 2.05) is 11.8 Å². The average Bonchev–Trinajstić information content (AvgIpc) is 2.54. The summed E-state index contributed by atoms with van der Waals surface area (Å²) in [5.74, 6) is -0.334. The summed E-state index contributed by atoms with van der Waals surface area (Å²) in [5, 5.41) is 2.82. The van der Waals surface area contributed by atoms with Crippen molar-refractivity contribution in [2.24, 2.45) is 11.7 Å².